The Labute approximate surface area is 162 Å². The Bertz CT molecular complexity index is 1090. The van der Waals surface area contributed by atoms with Gasteiger partial charge in [0.25, 0.3) is 0 Å². The van der Waals surface area contributed by atoms with E-state index in [-0.39, 0.29) is 5.56 Å². The molecular formula is C21H20N4O3. The highest BCUT2D eigenvalue weighted by atomic mass is 16.6. The number of nitrogens with zero attached hydrogens (tertiary/aromatic N) is 4. The number of para-hydroxylation sites is 1. The molecule has 28 heavy (non-hydrogen) atoms. The second-order valence-electron chi connectivity index (χ2n) is 6.87. The summed E-state index contributed by atoms with van der Waals surface area (Å²) >= 11 is 0. The Balaban J connectivity index is 1.78. The van der Waals surface area contributed by atoms with Crippen molar-refractivity contribution in [3.8, 4) is 11.3 Å². The molecule has 0 amide bonds. The molecule has 1 N–H and O–H groups in total. The molecule has 1 aliphatic carbocycles. The zero-order valence-corrected chi connectivity index (χ0v) is 15.7. The van der Waals surface area contributed by atoms with Crippen LogP contribution in [0.5, 0.6) is 0 Å². The fraction of sp³-hybridized carbons (Fsp3) is 0.238. The predicted molar refractivity (Wildman–Crippen MR) is 107 cm³/mol. The zero-order valence-electron chi connectivity index (χ0n) is 15.7. The summed E-state index contributed by atoms with van der Waals surface area (Å²) < 4.78 is 0. The van der Waals surface area contributed by atoms with Crippen molar-refractivity contribution in [1.82, 2.24) is 14.9 Å². The van der Waals surface area contributed by atoms with Crippen LogP contribution in [-0.2, 0) is 4.84 Å². The molecule has 1 aromatic heterocycles. The molecule has 142 valence electrons. The van der Waals surface area contributed by atoms with Crippen molar-refractivity contribution in [2.75, 3.05) is 27.2 Å². The molecule has 1 heterocycles. The monoisotopic (exact) mass is 376 g/mol. The van der Waals surface area contributed by atoms with Crippen molar-refractivity contribution < 1.29 is 14.7 Å². The molecule has 2 aromatic carbocycles. The topological polar surface area (TPSA) is 87.9 Å². The van der Waals surface area contributed by atoms with Gasteiger partial charge in [-0.3, -0.25) is 0 Å². The van der Waals surface area contributed by atoms with E-state index in [2.05, 4.69) is 20.0 Å². The van der Waals surface area contributed by atoms with Crippen LogP contribution < -0.4 is 0 Å². The number of carboxylic acid groups (broad SMARTS) is 1. The molecule has 0 aliphatic heterocycles. The molecule has 0 unspecified atom stereocenters. The molecule has 1 aliphatic rings. The number of hydrogen-bond acceptors (Lipinski definition) is 6. The van der Waals surface area contributed by atoms with Crippen molar-refractivity contribution in [3.63, 3.8) is 0 Å². The number of fused-ring (bicyclic) bond motifs is 4. The molecule has 0 spiro atoms. The van der Waals surface area contributed by atoms with Crippen molar-refractivity contribution in [2.45, 2.75) is 6.42 Å². The standard InChI is InChI=1S/C21H20N4O3/c1-25(2)11-6-12-28-24-19-14-8-4-3-7-13(14)18-20(19)22-16-10-5-9-15(21(26)27)17(16)23-18/h3-5,7-10H,6,11-12H2,1-2H3,(H,26,27)/b24-19+. The molecule has 7 heteroatoms. The number of carbonyl (C=O) groups is 1. The van der Waals surface area contributed by atoms with E-state index in [9.17, 15) is 9.90 Å². The minimum Gasteiger partial charge on any atom is -0.478 e. The van der Waals surface area contributed by atoms with Crippen LogP contribution in [-0.4, -0.2) is 58.9 Å². The van der Waals surface area contributed by atoms with Gasteiger partial charge in [-0.25, -0.2) is 14.8 Å². The number of aromatic carboxylic acids is 1. The molecule has 0 radical (unpaired) electrons. The second kappa shape index (κ2) is 7.36. The number of benzene rings is 2. The normalized spacial score (nSPS) is 13.8. The fourth-order valence-electron chi connectivity index (χ4n) is 3.27. The maximum absolute atomic E-state index is 11.6. The maximum Gasteiger partial charge on any atom is 0.337 e. The smallest absolute Gasteiger partial charge is 0.337 e. The molecule has 0 saturated carbocycles. The predicted octanol–water partition coefficient (Wildman–Crippen LogP) is 3.03. The lowest BCUT2D eigenvalue weighted by molar-refractivity contribution is 0.0699. The van der Waals surface area contributed by atoms with Crippen molar-refractivity contribution >= 4 is 22.7 Å². The molecule has 0 atom stereocenters. The highest BCUT2D eigenvalue weighted by Crippen LogP contribution is 2.36. The molecular weight excluding hydrogens is 356 g/mol. The van der Waals surface area contributed by atoms with Gasteiger partial charge >= 0.3 is 5.97 Å². The van der Waals surface area contributed by atoms with E-state index in [1.807, 2.05) is 38.4 Å². The van der Waals surface area contributed by atoms with Crippen molar-refractivity contribution in [3.05, 3.63) is 59.3 Å². The summed E-state index contributed by atoms with van der Waals surface area (Å²) in [4.78, 5) is 28.5. The van der Waals surface area contributed by atoms with Crippen molar-refractivity contribution in [2.24, 2.45) is 5.16 Å². The van der Waals surface area contributed by atoms with E-state index in [4.69, 9.17) is 4.84 Å². The summed E-state index contributed by atoms with van der Waals surface area (Å²) in [5.41, 5.74) is 4.67. The first-order valence-electron chi connectivity index (χ1n) is 9.05. The molecule has 7 nitrogen and oxygen atoms in total. The largest absolute Gasteiger partial charge is 0.478 e. The summed E-state index contributed by atoms with van der Waals surface area (Å²) in [6.45, 7) is 1.42. The molecule has 0 saturated heterocycles. The fourth-order valence-corrected chi connectivity index (χ4v) is 3.27. The Kier molecular flexibility index (Phi) is 4.75. The highest BCUT2D eigenvalue weighted by molar-refractivity contribution is 6.23. The molecule has 0 fully saturated rings. The molecule has 3 aromatic rings. The number of aromatic nitrogens is 2. The average molecular weight is 376 g/mol. The van der Waals surface area contributed by atoms with Gasteiger partial charge in [-0.1, -0.05) is 35.5 Å². The number of carboxylic acids is 1. The summed E-state index contributed by atoms with van der Waals surface area (Å²) in [5.74, 6) is -1.02. The van der Waals surface area contributed by atoms with Gasteiger partial charge < -0.3 is 14.8 Å². The highest BCUT2D eigenvalue weighted by Gasteiger charge is 2.29. The van der Waals surface area contributed by atoms with Crippen molar-refractivity contribution in [1.29, 1.82) is 0 Å². The first-order valence-corrected chi connectivity index (χ1v) is 9.05. The van der Waals surface area contributed by atoms with Gasteiger partial charge in [0, 0.05) is 17.7 Å². The van der Waals surface area contributed by atoms with E-state index < -0.39 is 5.97 Å². The SMILES string of the molecule is CN(C)CCCO/N=C1\c2ccccc2-c2nc3c(C(=O)O)cccc3nc21. The summed E-state index contributed by atoms with van der Waals surface area (Å²) in [6.07, 6.45) is 0.865. The minimum atomic E-state index is -1.02. The number of rotatable bonds is 6. The Morgan fingerprint density at radius 2 is 1.86 bits per heavy atom. The maximum atomic E-state index is 11.6. The van der Waals surface area contributed by atoms with Crippen LogP contribution in [0.3, 0.4) is 0 Å². The van der Waals surface area contributed by atoms with Gasteiger partial charge in [0.2, 0.25) is 0 Å². The van der Waals surface area contributed by atoms with Crippen LogP contribution in [0.25, 0.3) is 22.3 Å². The summed E-state index contributed by atoms with van der Waals surface area (Å²) in [6, 6.07) is 12.7. The number of oxime groups is 1. The molecule has 0 bridgehead atoms. The van der Waals surface area contributed by atoms with Crippen LogP contribution >= 0.6 is 0 Å². The van der Waals surface area contributed by atoms with Gasteiger partial charge in [0.05, 0.1) is 16.8 Å². The quantitative estimate of drug-likeness (QED) is 0.411. The lowest BCUT2D eigenvalue weighted by atomic mass is 10.1. The van der Waals surface area contributed by atoms with E-state index in [1.54, 1.807) is 12.1 Å². The average Bonchev–Trinajstić information content (AvgIpc) is 2.98. The first kappa shape index (κ1) is 18.1. The van der Waals surface area contributed by atoms with Crippen LogP contribution in [0.1, 0.15) is 28.0 Å². The zero-order chi connectivity index (χ0) is 19.7. The third kappa shape index (κ3) is 3.20. The third-order valence-corrected chi connectivity index (χ3v) is 4.58. The Morgan fingerprint density at radius 3 is 2.61 bits per heavy atom. The van der Waals surface area contributed by atoms with Gasteiger partial charge in [-0.2, -0.15) is 0 Å². The Hall–Kier alpha value is -3.32. The van der Waals surface area contributed by atoms with E-state index in [0.29, 0.717) is 34.7 Å². The van der Waals surface area contributed by atoms with E-state index in [0.717, 1.165) is 24.1 Å². The second-order valence-corrected chi connectivity index (χ2v) is 6.87. The first-order chi connectivity index (χ1) is 13.6. The van der Waals surface area contributed by atoms with Gasteiger partial charge in [0.1, 0.15) is 23.5 Å². The van der Waals surface area contributed by atoms with Crippen LogP contribution in [0.15, 0.2) is 47.6 Å². The summed E-state index contributed by atoms with van der Waals surface area (Å²) in [5, 5.41) is 13.8. The minimum absolute atomic E-state index is 0.135. The third-order valence-electron chi connectivity index (χ3n) is 4.58. The van der Waals surface area contributed by atoms with Crippen LogP contribution in [0.4, 0.5) is 0 Å². The van der Waals surface area contributed by atoms with Gasteiger partial charge in [-0.05, 0) is 32.6 Å². The van der Waals surface area contributed by atoms with E-state index >= 15 is 0 Å². The van der Waals surface area contributed by atoms with Crippen LogP contribution in [0.2, 0.25) is 0 Å². The lowest BCUT2D eigenvalue weighted by Gasteiger charge is -2.08. The summed E-state index contributed by atoms with van der Waals surface area (Å²) in [7, 11) is 4.03. The van der Waals surface area contributed by atoms with Gasteiger partial charge in [0.15, 0.2) is 0 Å². The van der Waals surface area contributed by atoms with Crippen LogP contribution in [0, 0.1) is 0 Å². The molecule has 4 rings (SSSR count). The Morgan fingerprint density at radius 1 is 1.07 bits per heavy atom. The number of hydrogen-bond donors (Lipinski definition) is 1. The van der Waals surface area contributed by atoms with Gasteiger partial charge in [-0.15, -0.1) is 0 Å². The lowest BCUT2D eigenvalue weighted by Crippen LogP contribution is -2.14. The van der Waals surface area contributed by atoms with E-state index in [1.165, 1.54) is 6.07 Å².